The van der Waals surface area contributed by atoms with Crippen LogP contribution >= 0.6 is 0 Å². The third-order valence-corrected chi connectivity index (χ3v) is 4.93. The highest BCUT2D eigenvalue weighted by atomic mass is 19.1. The SMILES string of the molecule is CCc1ccc2c(c1)NC(c1ccc(N(C)C)cc1)=NC(c1ccc(F)cc1)=N2. The van der Waals surface area contributed by atoms with Crippen molar-refractivity contribution in [1.29, 1.82) is 0 Å². The summed E-state index contributed by atoms with van der Waals surface area (Å²) in [6.45, 7) is 2.13. The number of amidine groups is 2. The number of nitrogens with zero attached hydrogens (tertiary/aromatic N) is 3. The molecule has 0 fully saturated rings. The van der Waals surface area contributed by atoms with Gasteiger partial charge in [-0.05, 0) is 72.6 Å². The van der Waals surface area contributed by atoms with Crippen LogP contribution in [0.4, 0.5) is 21.5 Å². The van der Waals surface area contributed by atoms with Gasteiger partial charge in [0.2, 0.25) is 0 Å². The highest BCUT2D eigenvalue weighted by Crippen LogP contribution is 2.30. The second kappa shape index (κ2) is 7.87. The van der Waals surface area contributed by atoms with E-state index in [-0.39, 0.29) is 5.82 Å². The fourth-order valence-electron chi connectivity index (χ4n) is 3.18. The number of aliphatic imine (C=N–C) groups is 2. The van der Waals surface area contributed by atoms with Crippen LogP contribution in [0.25, 0.3) is 0 Å². The minimum atomic E-state index is -0.280. The molecule has 4 nitrogen and oxygen atoms in total. The van der Waals surface area contributed by atoms with E-state index in [0.717, 1.165) is 34.6 Å². The molecule has 146 valence electrons. The van der Waals surface area contributed by atoms with Crippen LogP contribution in [0.5, 0.6) is 0 Å². The molecule has 0 saturated heterocycles. The molecule has 0 radical (unpaired) electrons. The van der Waals surface area contributed by atoms with Gasteiger partial charge in [0.1, 0.15) is 11.7 Å². The zero-order chi connectivity index (χ0) is 20.4. The predicted octanol–water partition coefficient (Wildman–Crippen LogP) is 5.40. The van der Waals surface area contributed by atoms with Gasteiger partial charge in [0.25, 0.3) is 0 Å². The van der Waals surface area contributed by atoms with Gasteiger partial charge in [-0.15, -0.1) is 0 Å². The monoisotopic (exact) mass is 386 g/mol. The Morgan fingerprint density at radius 1 is 0.862 bits per heavy atom. The normalized spacial score (nSPS) is 13.0. The van der Waals surface area contributed by atoms with E-state index < -0.39 is 0 Å². The number of hydrogen-bond donors (Lipinski definition) is 1. The molecule has 1 aliphatic rings. The molecule has 0 atom stereocenters. The van der Waals surface area contributed by atoms with Crippen LogP contribution in [-0.2, 0) is 6.42 Å². The average molecular weight is 386 g/mol. The lowest BCUT2D eigenvalue weighted by molar-refractivity contribution is 0.628. The summed E-state index contributed by atoms with van der Waals surface area (Å²) in [4.78, 5) is 11.6. The molecule has 1 N–H and O–H groups in total. The molecule has 3 aromatic carbocycles. The van der Waals surface area contributed by atoms with E-state index in [9.17, 15) is 4.39 Å². The van der Waals surface area contributed by atoms with Crippen LogP contribution in [0.3, 0.4) is 0 Å². The molecule has 0 amide bonds. The summed E-state index contributed by atoms with van der Waals surface area (Å²) < 4.78 is 13.4. The van der Waals surface area contributed by atoms with Crippen molar-refractivity contribution in [3.05, 3.63) is 89.2 Å². The van der Waals surface area contributed by atoms with E-state index in [1.165, 1.54) is 17.7 Å². The first-order valence-corrected chi connectivity index (χ1v) is 9.64. The number of fused-ring (bicyclic) bond motifs is 1. The Morgan fingerprint density at radius 3 is 2.21 bits per heavy atom. The number of aryl methyl sites for hydroxylation is 1. The molecular weight excluding hydrogens is 363 g/mol. The van der Waals surface area contributed by atoms with E-state index in [2.05, 4.69) is 41.4 Å². The summed E-state index contributed by atoms with van der Waals surface area (Å²) in [6.07, 6.45) is 0.938. The van der Waals surface area contributed by atoms with Gasteiger partial charge in [-0.2, -0.15) is 0 Å². The Hall–Kier alpha value is -3.47. The summed E-state index contributed by atoms with van der Waals surface area (Å²) >= 11 is 0. The van der Waals surface area contributed by atoms with Crippen LogP contribution in [0.15, 0.2) is 76.7 Å². The molecule has 1 heterocycles. The third-order valence-electron chi connectivity index (χ3n) is 4.93. The fraction of sp³-hybridized carbons (Fsp3) is 0.167. The van der Waals surface area contributed by atoms with E-state index >= 15 is 0 Å². The first kappa shape index (κ1) is 18.9. The molecule has 4 rings (SSSR count). The number of hydrogen-bond acceptors (Lipinski definition) is 4. The van der Waals surface area contributed by atoms with E-state index in [4.69, 9.17) is 9.98 Å². The van der Waals surface area contributed by atoms with Gasteiger partial charge in [0.05, 0.1) is 11.4 Å². The number of anilines is 2. The first-order chi connectivity index (χ1) is 14.0. The second-order valence-corrected chi connectivity index (χ2v) is 7.17. The molecule has 0 spiro atoms. The van der Waals surface area contributed by atoms with Gasteiger partial charge in [0, 0.05) is 30.9 Å². The fourth-order valence-corrected chi connectivity index (χ4v) is 3.18. The minimum absolute atomic E-state index is 0.280. The number of nitrogens with one attached hydrogen (secondary N) is 1. The average Bonchev–Trinajstić information content (AvgIpc) is 2.93. The lowest BCUT2D eigenvalue weighted by atomic mass is 10.1. The van der Waals surface area contributed by atoms with Gasteiger partial charge in [-0.1, -0.05) is 13.0 Å². The van der Waals surface area contributed by atoms with Gasteiger partial charge >= 0.3 is 0 Å². The Kier molecular flexibility index (Phi) is 5.12. The second-order valence-electron chi connectivity index (χ2n) is 7.17. The van der Waals surface area contributed by atoms with Crippen LogP contribution in [0, 0.1) is 5.82 Å². The van der Waals surface area contributed by atoms with E-state index in [1.54, 1.807) is 12.1 Å². The summed E-state index contributed by atoms with van der Waals surface area (Å²) in [7, 11) is 4.02. The molecule has 29 heavy (non-hydrogen) atoms. The van der Waals surface area contributed by atoms with Crippen molar-refractivity contribution in [2.24, 2.45) is 9.98 Å². The Morgan fingerprint density at radius 2 is 1.55 bits per heavy atom. The predicted molar refractivity (Wildman–Crippen MR) is 119 cm³/mol. The zero-order valence-electron chi connectivity index (χ0n) is 16.8. The summed E-state index contributed by atoms with van der Waals surface area (Å²) in [5.41, 5.74) is 5.79. The van der Waals surface area contributed by atoms with Crippen LogP contribution < -0.4 is 10.2 Å². The lowest BCUT2D eigenvalue weighted by Gasteiger charge is -2.14. The Bertz CT molecular complexity index is 1080. The van der Waals surface area contributed by atoms with Gasteiger partial charge in [-0.25, -0.2) is 14.4 Å². The van der Waals surface area contributed by atoms with Crippen LogP contribution in [-0.4, -0.2) is 25.8 Å². The summed E-state index contributed by atoms with van der Waals surface area (Å²) in [5.74, 6) is 0.982. The summed E-state index contributed by atoms with van der Waals surface area (Å²) in [6, 6.07) is 20.6. The van der Waals surface area contributed by atoms with Crippen molar-refractivity contribution >= 4 is 28.7 Å². The Labute approximate surface area is 170 Å². The largest absolute Gasteiger partial charge is 0.378 e. The molecule has 0 unspecified atom stereocenters. The molecule has 0 aromatic heterocycles. The number of benzene rings is 3. The van der Waals surface area contributed by atoms with Crippen molar-refractivity contribution < 1.29 is 4.39 Å². The van der Waals surface area contributed by atoms with Crippen LogP contribution in [0.1, 0.15) is 23.6 Å². The van der Waals surface area contributed by atoms with Gasteiger partial charge in [-0.3, -0.25) is 0 Å². The van der Waals surface area contributed by atoms with Crippen molar-refractivity contribution in [3.63, 3.8) is 0 Å². The molecule has 0 bridgehead atoms. The lowest BCUT2D eigenvalue weighted by Crippen LogP contribution is -2.16. The molecule has 0 aliphatic carbocycles. The number of halogens is 1. The quantitative estimate of drug-likeness (QED) is 0.652. The van der Waals surface area contributed by atoms with Crippen molar-refractivity contribution in [3.8, 4) is 0 Å². The van der Waals surface area contributed by atoms with E-state index in [1.807, 2.05) is 32.3 Å². The highest BCUT2D eigenvalue weighted by molar-refractivity contribution is 6.19. The maximum Gasteiger partial charge on any atom is 0.162 e. The zero-order valence-corrected chi connectivity index (χ0v) is 16.8. The topological polar surface area (TPSA) is 40.0 Å². The smallest absolute Gasteiger partial charge is 0.162 e. The minimum Gasteiger partial charge on any atom is -0.378 e. The molecule has 5 heteroatoms. The van der Waals surface area contributed by atoms with Gasteiger partial charge < -0.3 is 10.2 Å². The molecule has 3 aromatic rings. The summed E-state index contributed by atoms with van der Waals surface area (Å²) in [5, 5.41) is 3.46. The molecule has 1 aliphatic heterocycles. The molecule has 0 saturated carbocycles. The first-order valence-electron chi connectivity index (χ1n) is 9.64. The number of rotatable bonds is 4. The molecular formula is C24H23FN4. The standard InChI is InChI=1S/C24H23FN4/c1-4-16-5-14-21-22(15-16)27-24(18-8-12-20(13-9-18)29(2)3)28-23(26-21)17-6-10-19(25)11-7-17/h5-15H,4H2,1-3H3,(H,26,27,28). The maximum atomic E-state index is 13.4. The van der Waals surface area contributed by atoms with Crippen molar-refractivity contribution in [2.75, 3.05) is 24.3 Å². The maximum absolute atomic E-state index is 13.4. The third kappa shape index (κ3) is 4.04. The van der Waals surface area contributed by atoms with E-state index in [0.29, 0.717) is 11.7 Å². The van der Waals surface area contributed by atoms with Gasteiger partial charge in [0.15, 0.2) is 5.84 Å². The van der Waals surface area contributed by atoms with Crippen LogP contribution in [0.2, 0.25) is 0 Å². The Balaban J connectivity index is 1.83. The highest BCUT2D eigenvalue weighted by Gasteiger charge is 2.16. The van der Waals surface area contributed by atoms with Crippen molar-refractivity contribution in [1.82, 2.24) is 0 Å². The van der Waals surface area contributed by atoms with Crippen molar-refractivity contribution in [2.45, 2.75) is 13.3 Å².